The zero-order valence-corrected chi connectivity index (χ0v) is 9.59. The van der Waals surface area contributed by atoms with Crippen LogP contribution in [0.2, 0.25) is 0 Å². The van der Waals surface area contributed by atoms with Crippen molar-refractivity contribution in [2.24, 2.45) is 0 Å². The Bertz CT molecular complexity index is 295. The van der Waals surface area contributed by atoms with E-state index in [9.17, 15) is 4.79 Å². The molecule has 0 bridgehead atoms. The van der Waals surface area contributed by atoms with Crippen molar-refractivity contribution in [2.45, 2.75) is 11.4 Å². The molecule has 0 spiro atoms. The molecule has 1 heterocycles. The number of aromatic nitrogens is 1. The number of hydrogen-bond acceptors (Lipinski definition) is 5. The first-order valence-corrected chi connectivity index (χ1v) is 6.67. The van der Waals surface area contributed by atoms with Crippen molar-refractivity contribution in [3.05, 3.63) is 24.4 Å². The van der Waals surface area contributed by atoms with Crippen molar-refractivity contribution >= 4 is 27.7 Å². The van der Waals surface area contributed by atoms with Crippen LogP contribution >= 0.6 is 21.6 Å². The van der Waals surface area contributed by atoms with Gasteiger partial charge in [0.1, 0.15) is 5.03 Å². The molecule has 0 aliphatic carbocycles. The average molecular weight is 245 g/mol. The third kappa shape index (κ3) is 6.24. The highest BCUT2D eigenvalue weighted by atomic mass is 33.1. The van der Waals surface area contributed by atoms with Crippen LogP contribution < -0.4 is 0 Å². The summed E-state index contributed by atoms with van der Waals surface area (Å²) in [4.78, 5) is 14.2. The zero-order chi connectivity index (χ0) is 10.9. The van der Waals surface area contributed by atoms with Gasteiger partial charge in [-0.1, -0.05) is 16.9 Å². The van der Waals surface area contributed by atoms with Gasteiger partial charge in [0.25, 0.3) is 0 Å². The van der Waals surface area contributed by atoms with Crippen LogP contribution in [0.25, 0.3) is 0 Å². The summed E-state index contributed by atoms with van der Waals surface area (Å²) in [7, 11) is 3.22. The van der Waals surface area contributed by atoms with Gasteiger partial charge in [0.15, 0.2) is 0 Å². The minimum atomic E-state index is -1.21. The van der Waals surface area contributed by atoms with E-state index in [0.29, 0.717) is 0 Å². The summed E-state index contributed by atoms with van der Waals surface area (Å²) in [6, 6.07) is 5.74. The van der Waals surface area contributed by atoms with Crippen LogP contribution in [-0.4, -0.2) is 28.6 Å². The number of carboxylic acid groups (broad SMARTS) is 1. The third-order valence-corrected chi connectivity index (χ3v) is 3.73. The number of nitrogens with zero attached hydrogens (tertiary/aromatic N) is 1. The van der Waals surface area contributed by atoms with Gasteiger partial charge < -0.3 is 9.84 Å². The second-order valence-electron chi connectivity index (χ2n) is 2.54. The molecule has 1 rings (SSSR count). The van der Waals surface area contributed by atoms with Crippen LogP contribution in [0.3, 0.4) is 0 Å². The summed E-state index contributed by atoms with van der Waals surface area (Å²) >= 11 is 0. The molecule has 0 aliphatic rings. The topological polar surface area (TPSA) is 59.4 Å². The minimum absolute atomic E-state index is 0.255. The lowest BCUT2D eigenvalue weighted by Crippen LogP contribution is -2.01. The Morgan fingerprint density at radius 3 is 3.07 bits per heavy atom. The van der Waals surface area contributed by atoms with Crippen LogP contribution in [-0.2, 0) is 4.74 Å². The zero-order valence-electron chi connectivity index (χ0n) is 7.96. The maximum atomic E-state index is 10.0. The maximum Gasteiger partial charge on any atom is 0.505 e. The molecule has 0 atom stereocenters. The first kappa shape index (κ1) is 12.2. The molecule has 0 amide bonds. The van der Waals surface area contributed by atoms with E-state index in [1.165, 1.54) is 0 Å². The molecule has 6 heteroatoms. The van der Waals surface area contributed by atoms with Crippen molar-refractivity contribution in [1.82, 2.24) is 4.98 Å². The highest BCUT2D eigenvalue weighted by molar-refractivity contribution is 8.76. The summed E-state index contributed by atoms with van der Waals surface area (Å²) in [6.07, 6.45) is 1.25. The fourth-order valence-electron chi connectivity index (χ4n) is 0.776. The van der Waals surface area contributed by atoms with E-state index in [-0.39, 0.29) is 6.61 Å². The van der Waals surface area contributed by atoms with E-state index >= 15 is 0 Å². The van der Waals surface area contributed by atoms with Crippen molar-refractivity contribution in [3.8, 4) is 0 Å². The molecule has 0 saturated heterocycles. The summed E-state index contributed by atoms with van der Waals surface area (Å²) in [6.45, 7) is 0.255. The van der Waals surface area contributed by atoms with Gasteiger partial charge in [-0.15, -0.1) is 0 Å². The summed E-state index contributed by atoms with van der Waals surface area (Å²) < 4.78 is 4.37. The Hall–Kier alpha value is -0.880. The maximum absolute atomic E-state index is 10.0. The Morgan fingerprint density at radius 1 is 1.53 bits per heavy atom. The monoisotopic (exact) mass is 245 g/mol. The van der Waals surface area contributed by atoms with Crippen LogP contribution in [0.5, 0.6) is 0 Å². The molecule has 1 aromatic rings. The molecule has 82 valence electrons. The SMILES string of the molecule is O=C(O)OCCCSSc1ccccn1. The van der Waals surface area contributed by atoms with Gasteiger partial charge in [-0.2, -0.15) is 0 Å². The molecular formula is C9H11NO3S2. The number of pyridine rings is 1. The van der Waals surface area contributed by atoms with Gasteiger partial charge >= 0.3 is 6.16 Å². The molecule has 1 N–H and O–H groups in total. The van der Waals surface area contributed by atoms with Crippen LogP contribution in [0, 0.1) is 0 Å². The molecular weight excluding hydrogens is 234 g/mol. The molecule has 15 heavy (non-hydrogen) atoms. The lowest BCUT2D eigenvalue weighted by Gasteiger charge is -2.00. The second-order valence-corrected chi connectivity index (χ2v) is 4.98. The van der Waals surface area contributed by atoms with Crippen molar-refractivity contribution in [1.29, 1.82) is 0 Å². The lowest BCUT2D eigenvalue weighted by atomic mass is 10.5. The molecule has 0 aliphatic heterocycles. The smallest absolute Gasteiger partial charge is 0.450 e. The summed E-state index contributed by atoms with van der Waals surface area (Å²) in [5.41, 5.74) is 0. The highest BCUT2D eigenvalue weighted by Gasteiger charge is 1.97. The lowest BCUT2D eigenvalue weighted by molar-refractivity contribution is 0.0920. The first-order chi connectivity index (χ1) is 7.29. The fourth-order valence-corrected chi connectivity index (χ4v) is 2.72. The van der Waals surface area contributed by atoms with Gasteiger partial charge in [0, 0.05) is 11.9 Å². The Labute approximate surface area is 95.8 Å². The molecule has 0 unspecified atom stereocenters. The van der Waals surface area contributed by atoms with Crippen LogP contribution in [0.1, 0.15) is 6.42 Å². The molecule has 0 radical (unpaired) electrons. The Balaban J connectivity index is 2.00. The van der Waals surface area contributed by atoms with E-state index in [1.54, 1.807) is 27.8 Å². The van der Waals surface area contributed by atoms with Crippen molar-refractivity contribution < 1.29 is 14.6 Å². The third-order valence-electron chi connectivity index (χ3n) is 1.38. The van der Waals surface area contributed by atoms with Gasteiger partial charge in [0.05, 0.1) is 6.61 Å². The number of hydrogen-bond donors (Lipinski definition) is 1. The van der Waals surface area contributed by atoms with Crippen molar-refractivity contribution in [2.75, 3.05) is 12.4 Å². The van der Waals surface area contributed by atoms with E-state index in [2.05, 4.69) is 9.72 Å². The second kappa shape index (κ2) is 7.42. The standard InChI is InChI=1S/C9H11NO3S2/c11-9(12)13-6-3-7-14-15-8-4-1-2-5-10-8/h1-2,4-5H,3,6-7H2,(H,11,12). The predicted octanol–water partition coefficient (Wildman–Crippen LogP) is 2.91. The largest absolute Gasteiger partial charge is 0.505 e. The first-order valence-electron chi connectivity index (χ1n) is 4.35. The Kier molecular flexibility index (Phi) is 6.03. The van der Waals surface area contributed by atoms with Crippen LogP contribution in [0.15, 0.2) is 29.4 Å². The minimum Gasteiger partial charge on any atom is -0.450 e. The normalized spacial score (nSPS) is 9.87. The summed E-state index contributed by atoms with van der Waals surface area (Å²) in [5, 5.41) is 9.16. The molecule has 0 saturated carbocycles. The molecule has 0 aromatic carbocycles. The van der Waals surface area contributed by atoms with Crippen molar-refractivity contribution in [3.63, 3.8) is 0 Å². The fraction of sp³-hybridized carbons (Fsp3) is 0.333. The Morgan fingerprint density at radius 2 is 2.40 bits per heavy atom. The quantitative estimate of drug-likeness (QED) is 0.472. The average Bonchev–Trinajstić information content (AvgIpc) is 2.24. The van der Waals surface area contributed by atoms with E-state index in [4.69, 9.17) is 5.11 Å². The number of rotatable bonds is 6. The predicted molar refractivity (Wildman–Crippen MR) is 61.1 cm³/mol. The number of ether oxygens (including phenoxy) is 1. The van der Waals surface area contributed by atoms with Crippen LogP contribution in [0.4, 0.5) is 4.79 Å². The van der Waals surface area contributed by atoms with Gasteiger partial charge in [-0.3, -0.25) is 0 Å². The molecule has 4 nitrogen and oxygen atoms in total. The number of carbonyl (C=O) groups is 1. The molecule has 0 fully saturated rings. The van der Waals surface area contributed by atoms with Gasteiger partial charge in [-0.05, 0) is 29.3 Å². The van der Waals surface area contributed by atoms with Gasteiger partial charge in [-0.25, -0.2) is 9.78 Å². The van der Waals surface area contributed by atoms with E-state index < -0.39 is 6.16 Å². The highest BCUT2D eigenvalue weighted by Crippen LogP contribution is 2.29. The summed E-state index contributed by atoms with van der Waals surface area (Å²) in [5.74, 6) is 0.842. The van der Waals surface area contributed by atoms with E-state index in [0.717, 1.165) is 17.2 Å². The van der Waals surface area contributed by atoms with Gasteiger partial charge in [0.2, 0.25) is 0 Å². The van der Waals surface area contributed by atoms with E-state index in [1.807, 2.05) is 18.2 Å². The molecule has 1 aromatic heterocycles.